The molecule has 0 heterocycles. The molecule has 0 aliphatic heterocycles. The highest BCUT2D eigenvalue weighted by atomic mass is 14.4. The van der Waals surface area contributed by atoms with Crippen molar-refractivity contribution in [3.8, 4) is 11.1 Å². The van der Waals surface area contributed by atoms with Crippen LogP contribution in [0.3, 0.4) is 0 Å². The van der Waals surface area contributed by atoms with Crippen LogP contribution in [0.1, 0.15) is 81.2 Å². The average molecular weight is 505 g/mol. The van der Waals surface area contributed by atoms with Gasteiger partial charge in [-0.15, -0.1) is 0 Å². The van der Waals surface area contributed by atoms with Gasteiger partial charge in [0.05, 0.1) is 0 Å². The Morgan fingerprint density at radius 3 is 2.50 bits per heavy atom. The van der Waals surface area contributed by atoms with Crippen LogP contribution >= 0.6 is 0 Å². The lowest BCUT2D eigenvalue weighted by atomic mass is 9.69. The molecule has 3 unspecified atom stereocenters. The average Bonchev–Trinajstić information content (AvgIpc) is 3.29. The van der Waals surface area contributed by atoms with E-state index in [2.05, 4.69) is 103 Å². The molecule has 3 aliphatic carbocycles. The minimum Gasteiger partial charge on any atom is -0.0986 e. The van der Waals surface area contributed by atoms with Crippen LogP contribution in [0.25, 0.3) is 17.2 Å². The molecule has 3 aliphatic rings. The number of hydrogen-bond acceptors (Lipinski definition) is 0. The molecule has 200 valence electrons. The normalized spacial score (nSPS) is 27.1. The fraction of sp³-hybridized carbons (Fsp3) is 0.474. The summed E-state index contributed by atoms with van der Waals surface area (Å²) in [5, 5.41) is 0. The van der Waals surface area contributed by atoms with Crippen LogP contribution in [0.2, 0.25) is 0 Å². The molecule has 2 aromatic carbocycles. The van der Waals surface area contributed by atoms with Crippen LogP contribution < -0.4 is 0 Å². The molecular weight excluding hydrogens is 456 g/mol. The van der Waals surface area contributed by atoms with Gasteiger partial charge in [-0.05, 0) is 121 Å². The molecule has 0 amide bonds. The van der Waals surface area contributed by atoms with Crippen molar-refractivity contribution in [1.82, 2.24) is 0 Å². The zero-order chi connectivity index (χ0) is 27.1. The summed E-state index contributed by atoms with van der Waals surface area (Å²) in [6.07, 6.45) is 14.4. The van der Waals surface area contributed by atoms with E-state index < -0.39 is 0 Å². The van der Waals surface area contributed by atoms with Crippen LogP contribution in [-0.4, -0.2) is 0 Å². The lowest BCUT2D eigenvalue weighted by molar-refractivity contribution is 0.159. The Morgan fingerprint density at radius 1 is 0.974 bits per heavy atom. The van der Waals surface area contributed by atoms with Gasteiger partial charge in [-0.1, -0.05) is 106 Å². The second-order valence-electron chi connectivity index (χ2n) is 13.3. The SMILES string of the molecule is C=C1C=CC(C)C(=C)C1CC1=Cc2cccc(-c3cc(C)cc(C)c3C[C@@H]3CCC(C(C)C)C[C@@H]3C)c2C1. The van der Waals surface area contributed by atoms with Gasteiger partial charge in [0, 0.05) is 5.92 Å². The molecule has 0 saturated heterocycles. The summed E-state index contributed by atoms with van der Waals surface area (Å²) in [6.45, 7) is 23.0. The lowest BCUT2D eigenvalue weighted by Gasteiger charge is -2.37. The summed E-state index contributed by atoms with van der Waals surface area (Å²) in [6, 6.07) is 11.9. The maximum atomic E-state index is 4.45. The second-order valence-corrected chi connectivity index (χ2v) is 13.3. The third-order valence-corrected chi connectivity index (χ3v) is 10.2. The minimum absolute atomic E-state index is 0.359. The molecule has 1 saturated carbocycles. The molecule has 0 heteroatoms. The van der Waals surface area contributed by atoms with E-state index in [9.17, 15) is 0 Å². The highest BCUT2D eigenvalue weighted by Crippen LogP contribution is 2.44. The monoisotopic (exact) mass is 504 g/mol. The van der Waals surface area contributed by atoms with E-state index in [1.807, 2.05) is 0 Å². The lowest BCUT2D eigenvalue weighted by Crippen LogP contribution is -2.27. The van der Waals surface area contributed by atoms with Gasteiger partial charge in [-0.2, -0.15) is 0 Å². The Hall–Kier alpha value is -2.60. The van der Waals surface area contributed by atoms with Gasteiger partial charge >= 0.3 is 0 Å². The van der Waals surface area contributed by atoms with E-state index in [0.29, 0.717) is 11.8 Å². The van der Waals surface area contributed by atoms with Crippen molar-refractivity contribution in [2.45, 2.75) is 80.1 Å². The number of benzene rings is 2. The third kappa shape index (κ3) is 5.29. The van der Waals surface area contributed by atoms with Gasteiger partial charge < -0.3 is 0 Å². The fourth-order valence-corrected chi connectivity index (χ4v) is 7.59. The molecule has 0 bridgehead atoms. The van der Waals surface area contributed by atoms with E-state index in [0.717, 1.165) is 36.5 Å². The smallest absolute Gasteiger partial charge is 0.00826 e. The summed E-state index contributed by atoms with van der Waals surface area (Å²) in [4.78, 5) is 0. The van der Waals surface area contributed by atoms with Crippen LogP contribution in [0.4, 0.5) is 0 Å². The first kappa shape index (κ1) is 27.0. The summed E-state index contributed by atoms with van der Waals surface area (Å²) in [7, 11) is 0. The molecule has 0 radical (unpaired) electrons. The van der Waals surface area contributed by atoms with Gasteiger partial charge in [0.25, 0.3) is 0 Å². The Labute approximate surface area is 232 Å². The first-order valence-corrected chi connectivity index (χ1v) is 15.1. The molecule has 0 N–H and O–H groups in total. The number of aryl methyl sites for hydroxylation is 2. The molecule has 0 nitrogen and oxygen atoms in total. The summed E-state index contributed by atoms with van der Waals surface area (Å²) in [5.41, 5.74) is 14.3. The topological polar surface area (TPSA) is 0 Å². The van der Waals surface area contributed by atoms with Crippen molar-refractivity contribution < 1.29 is 0 Å². The van der Waals surface area contributed by atoms with Gasteiger partial charge in [-0.25, -0.2) is 0 Å². The van der Waals surface area contributed by atoms with Crippen molar-refractivity contribution in [2.24, 2.45) is 35.5 Å². The Balaban J connectivity index is 1.42. The van der Waals surface area contributed by atoms with Gasteiger partial charge in [0.1, 0.15) is 0 Å². The zero-order valence-corrected chi connectivity index (χ0v) is 24.7. The molecule has 38 heavy (non-hydrogen) atoms. The Morgan fingerprint density at radius 2 is 1.76 bits per heavy atom. The zero-order valence-electron chi connectivity index (χ0n) is 24.7. The van der Waals surface area contributed by atoms with Crippen molar-refractivity contribution in [2.75, 3.05) is 0 Å². The summed E-state index contributed by atoms with van der Waals surface area (Å²) >= 11 is 0. The maximum absolute atomic E-state index is 4.45. The van der Waals surface area contributed by atoms with Gasteiger partial charge in [0.2, 0.25) is 0 Å². The van der Waals surface area contributed by atoms with E-state index in [1.54, 1.807) is 5.56 Å². The highest BCUT2D eigenvalue weighted by molar-refractivity contribution is 5.80. The molecule has 0 aromatic heterocycles. The van der Waals surface area contributed by atoms with Crippen molar-refractivity contribution in [3.63, 3.8) is 0 Å². The van der Waals surface area contributed by atoms with E-state index in [-0.39, 0.29) is 0 Å². The van der Waals surface area contributed by atoms with E-state index >= 15 is 0 Å². The number of fused-ring (bicyclic) bond motifs is 1. The van der Waals surface area contributed by atoms with Crippen molar-refractivity contribution in [3.05, 3.63) is 100 Å². The first-order chi connectivity index (χ1) is 18.1. The predicted octanol–water partition coefficient (Wildman–Crippen LogP) is 10.5. The fourth-order valence-electron chi connectivity index (χ4n) is 7.59. The maximum Gasteiger partial charge on any atom is 0.00826 e. The van der Waals surface area contributed by atoms with Gasteiger partial charge in [0.15, 0.2) is 0 Å². The molecule has 5 rings (SSSR count). The summed E-state index contributed by atoms with van der Waals surface area (Å²) in [5.74, 6) is 4.09. The Bertz CT molecular complexity index is 1300. The van der Waals surface area contributed by atoms with Gasteiger partial charge in [-0.3, -0.25) is 0 Å². The molecule has 0 spiro atoms. The van der Waals surface area contributed by atoms with Crippen molar-refractivity contribution in [1.29, 1.82) is 0 Å². The third-order valence-electron chi connectivity index (χ3n) is 10.2. The standard InChI is InChI=1S/C38H48/c1-23(2)31-14-15-32(27(6)18-31)22-36-28(7)16-24(3)17-38(36)34-11-9-10-33-19-30(21-37(33)34)20-35-26(5)13-12-25(4)29(35)8/h9-13,16-17,19,23,25,27,31-32,35H,5,8,14-15,18,20-22H2,1-4,6-7H3/t25?,27-,31?,32-,35?/m0/s1. The van der Waals surface area contributed by atoms with Crippen LogP contribution in [0.15, 0.2) is 72.4 Å². The molecular formula is C38H48. The van der Waals surface area contributed by atoms with E-state index in [1.165, 1.54) is 75.8 Å². The predicted molar refractivity (Wildman–Crippen MR) is 166 cm³/mol. The Kier molecular flexibility index (Phi) is 7.72. The largest absolute Gasteiger partial charge is 0.0986 e. The second kappa shape index (κ2) is 10.9. The molecule has 5 atom stereocenters. The quantitative estimate of drug-likeness (QED) is 0.343. The molecule has 2 aromatic rings. The molecule has 1 fully saturated rings. The minimum atomic E-state index is 0.359. The van der Waals surface area contributed by atoms with Crippen LogP contribution in [0.5, 0.6) is 0 Å². The summed E-state index contributed by atoms with van der Waals surface area (Å²) < 4.78 is 0. The number of rotatable bonds is 6. The highest BCUT2D eigenvalue weighted by Gasteiger charge is 2.31. The van der Waals surface area contributed by atoms with Crippen LogP contribution in [-0.2, 0) is 12.8 Å². The first-order valence-electron chi connectivity index (χ1n) is 15.1. The number of hydrogen-bond donors (Lipinski definition) is 0. The van der Waals surface area contributed by atoms with Crippen molar-refractivity contribution >= 4 is 6.08 Å². The van der Waals surface area contributed by atoms with E-state index in [4.69, 9.17) is 0 Å². The van der Waals surface area contributed by atoms with Crippen LogP contribution in [0, 0.1) is 49.4 Å². The number of allylic oxidation sites excluding steroid dienone is 5.